The van der Waals surface area contributed by atoms with Crippen LogP contribution < -0.4 is 21.9 Å². The summed E-state index contributed by atoms with van der Waals surface area (Å²) < 4.78 is 0. The first-order chi connectivity index (χ1) is 8.19. The lowest BCUT2D eigenvalue weighted by atomic mass is 10.1. The Labute approximate surface area is 97.0 Å². The van der Waals surface area contributed by atoms with Crippen molar-refractivity contribution in [2.45, 2.75) is 18.9 Å². The van der Waals surface area contributed by atoms with Crippen molar-refractivity contribution in [1.82, 2.24) is 15.3 Å². The Bertz CT molecular complexity index is 449. The van der Waals surface area contributed by atoms with Crippen LogP contribution in [-0.4, -0.2) is 27.8 Å². The Morgan fingerprint density at radius 1 is 1.35 bits per heavy atom. The Balaban J connectivity index is 2.05. The lowest BCUT2D eigenvalue weighted by Gasteiger charge is -2.22. The van der Waals surface area contributed by atoms with Crippen LogP contribution in [0, 0.1) is 0 Å². The van der Waals surface area contributed by atoms with Crippen molar-refractivity contribution >= 4 is 23.5 Å². The van der Waals surface area contributed by atoms with Crippen molar-refractivity contribution in [2.24, 2.45) is 5.84 Å². The van der Waals surface area contributed by atoms with Crippen LogP contribution >= 0.6 is 0 Å². The van der Waals surface area contributed by atoms with E-state index in [0.29, 0.717) is 24.5 Å². The monoisotopic (exact) mass is 236 g/mol. The number of anilines is 2. The second-order valence-corrected chi connectivity index (χ2v) is 3.58. The fraction of sp³-hybridized carbons (Fsp3) is 0.333. The number of amides is 2. The van der Waals surface area contributed by atoms with E-state index in [1.165, 1.54) is 6.33 Å². The molecule has 8 nitrogen and oxygen atoms in total. The van der Waals surface area contributed by atoms with E-state index in [-0.39, 0.29) is 11.8 Å². The molecule has 0 radical (unpaired) electrons. The summed E-state index contributed by atoms with van der Waals surface area (Å²) in [4.78, 5) is 30.2. The van der Waals surface area contributed by atoms with Crippen LogP contribution in [0.25, 0.3) is 0 Å². The fourth-order valence-corrected chi connectivity index (χ4v) is 1.52. The fourth-order valence-electron chi connectivity index (χ4n) is 1.52. The predicted molar refractivity (Wildman–Crippen MR) is 59.6 cm³/mol. The maximum Gasteiger partial charge on any atom is 0.249 e. The number of hydrazine groups is 1. The van der Waals surface area contributed by atoms with E-state index in [2.05, 4.69) is 26.0 Å². The highest BCUT2D eigenvalue weighted by atomic mass is 16.2. The van der Waals surface area contributed by atoms with Crippen LogP contribution in [0.5, 0.6) is 0 Å². The summed E-state index contributed by atoms with van der Waals surface area (Å²) in [6, 6.07) is 1.11. The molecule has 90 valence electrons. The molecule has 0 aliphatic carbocycles. The predicted octanol–water partition coefficient (Wildman–Crippen LogP) is -1.02. The standard InChI is InChI=1S/C9H12N6O2/c10-15-7-3-6(11-4-12-7)13-5-1-2-8(16)14-9(5)17/h3-5H,1-2,10H2,(H,14,16,17)(H2,11,12,13,15). The topological polar surface area (TPSA) is 122 Å². The van der Waals surface area contributed by atoms with Crippen LogP contribution in [0.3, 0.4) is 0 Å². The molecule has 1 unspecified atom stereocenters. The molecule has 17 heavy (non-hydrogen) atoms. The number of nitrogens with zero attached hydrogens (tertiary/aromatic N) is 2. The molecule has 2 rings (SSSR count). The van der Waals surface area contributed by atoms with E-state index < -0.39 is 6.04 Å². The number of nitrogens with one attached hydrogen (secondary N) is 3. The molecule has 1 aliphatic rings. The molecule has 8 heteroatoms. The van der Waals surface area contributed by atoms with E-state index in [9.17, 15) is 9.59 Å². The van der Waals surface area contributed by atoms with Gasteiger partial charge in [0, 0.05) is 12.5 Å². The third-order valence-corrected chi connectivity index (χ3v) is 2.38. The molecule has 1 aromatic heterocycles. The van der Waals surface area contributed by atoms with E-state index in [0.717, 1.165) is 0 Å². The summed E-state index contributed by atoms with van der Waals surface area (Å²) in [5.41, 5.74) is 2.38. The van der Waals surface area contributed by atoms with E-state index in [1.54, 1.807) is 6.07 Å². The van der Waals surface area contributed by atoms with Gasteiger partial charge in [-0.2, -0.15) is 0 Å². The van der Waals surface area contributed by atoms with Crippen LogP contribution in [0.2, 0.25) is 0 Å². The molecule has 1 aliphatic heterocycles. The highest BCUT2D eigenvalue weighted by molar-refractivity contribution is 6.01. The molecule has 0 aromatic carbocycles. The van der Waals surface area contributed by atoms with Crippen LogP contribution in [0.1, 0.15) is 12.8 Å². The number of nitrogen functional groups attached to an aromatic ring is 1. The van der Waals surface area contributed by atoms with Crippen molar-refractivity contribution in [1.29, 1.82) is 0 Å². The smallest absolute Gasteiger partial charge is 0.249 e. The van der Waals surface area contributed by atoms with Gasteiger partial charge in [-0.25, -0.2) is 15.8 Å². The molecule has 1 fully saturated rings. The van der Waals surface area contributed by atoms with Crippen LogP contribution in [-0.2, 0) is 9.59 Å². The second-order valence-electron chi connectivity index (χ2n) is 3.58. The molecule has 1 saturated heterocycles. The SMILES string of the molecule is NNc1cc(NC2CCC(=O)NC2=O)ncn1. The highest BCUT2D eigenvalue weighted by Gasteiger charge is 2.26. The Hall–Kier alpha value is -2.22. The maximum atomic E-state index is 11.5. The van der Waals surface area contributed by atoms with Crippen molar-refractivity contribution in [3.63, 3.8) is 0 Å². The number of nitrogens with two attached hydrogens (primary N) is 1. The van der Waals surface area contributed by atoms with Gasteiger partial charge < -0.3 is 10.7 Å². The molecular formula is C9H12N6O2. The average Bonchev–Trinajstić information content (AvgIpc) is 2.33. The molecule has 0 spiro atoms. The lowest BCUT2D eigenvalue weighted by molar-refractivity contribution is -0.133. The van der Waals surface area contributed by atoms with Gasteiger partial charge in [0.15, 0.2) is 0 Å². The summed E-state index contributed by atoms with van der Waals surface area (Å²) in [6.45, 7) is 0. The summed E-state index contributed by atoms with van der Waals surface area (Å²) >= 11 is 0. The summed E-state index contributed by atoms with van der Waals surface area (Å²) in [5.74, 6) is 5.52. The van der Waals surface area contributed by atoms with Gasteiger partial charge in [-0.3, -0.25) is 14.9 Å². The van der Waals surface area contributed by atoms with Gasteiger partial charge in [-0.1, -0.05) is 0 Å². The zero-order valence-corrected chi connectivity index (χ0v) is 8.93. The average molecular weight is 236 g/mol. The van der Waals surface area contributed by atoms with E-state index >= 15 is 0 Å². The first-order valence-corrected chi connectivity index (χ1v) is 5.08. The first kappa shape index (κ1) is 11.3. The summed E-state index contributed by atoms with van der Waals surface area (Å²) in [5, 5.41) is 5.17. The van der Waals surface area contributed by atoms with Crippen molar-refractivity contribution < 1.29 is 9.59 Å². The van der Waals surface area contributed by atoms with Crippen LogP contribution in [0.15, 0.2) is 12.4 Å². The van der Waals surface area contributed by atoms with Crippen molar-refractivity contribution in [3.05, 3.63) is 12.4 Å². The van der Waals surface area contributed by atoms with Gasteiger partial charge in [-0.05, 0) is 6.42 Å². The highest BCUT2D eigenvalue weighted by Crippen LogP contribution is 2.13. The Morgan fingerprint density at radius 2 is 2.12 bits per heavy atom. The molecule has 1 atom stereocenters. The number of carbonyl (C=O) groups excluding carboxylic acids is 2. The third kappa shape index (κ3) is 2.67. The first-order valence-electron chi connectivity index (χ1n) is 5.08. The summed E-state index contributed by atoms with van der Waals surface area (Å²) in [7, 11) is 0. The van der Waals surface area contributed by atoms with Gasteiger partial charge in [0.1, 0.15) is 24.0 Å². The number of carbonyl (C=O) groups is 2. The third-order valence-electron chi connectivity index (χ3n) is 2.38. The molecule has 0 bridgehead atoms. The van der Waals surface area contributed by atoms with Gasteiger partial charge >= 0.3 is 0 Å². The van der Waals surface area contributed by atoms with Gasteiger partial charge in [-0.15, -0.1) is 0 Å². The largest absolute Gasteiger partial charge is 0.358 e. The summed E-state index contributed by atoms with van der Waals surface area (Å²) in [6.07, 6.45) is 2.08. The number of hydrogen-bond donors (Lipinski definition) is 4. The van der Waals surface area contributed by atoms with Crippen molar-refractivity contribution in [2.75, 3.05) is 10.7 Å². The lowest BCUT2D eigenvalue weighted by Crippen LogP contribution is -2.47. The minimum atomic E-state index is -0.465. The minimum Gasteiger partial charge on any atom is -0.358 e. The molecule has 0 saturated carbocycles. The molecule has 2 heterocycles. The van der Waals surface area contributed by atoms with Crippen LogP contribution in [0.4, 0.5) is 11.6 Å². The number of aromatic nitrogens is 2. The quantitative estimate of drug-likeness (QED) is 0.301. The molecular weight excluding hydrogens is 224 g/mol. The number of piperidine rings is 1. The van der Waals surface area contributed by atoms with E-state index in [4.69, 9.17) is 5.84 Å². The van der Waals surface area contributed by atoms with Gasteiger partial charge in [0.2, 0.25) is 11.8 Å². The Morgan fingerprint density at radius 3 is 2.82 bits per heavy atom. The van der Waals surface area contributed by atoms with E-state index in [1.807, 2.05) is 0 Å². The zero-order chi connectivity index (χ0) is 12.3. The zero-order valence-electron chi connectivity index (χ0n) is 8.93. The van der Waals surface area contributed by atoms with Gasteiger partial charge in [0.05, 0.1) is 0 Å². The van der Waals surface area contributed by atoms with Crippen molar-refractivity contribution in [3.8, 4) is 0 Å². The Kier molecular flexibility index (Phi) is 3.15. The normalized spacial score (nSPS) is 19.7. The molecule has 1 aromatic rings. The number of rotatable bonds is 3. The maximum absolute atomic E-state index is 11.5. The molecule has 2 amide bonds. The second kappa shape index (κ2) is 4.74. The minimum absolute atomic E-state index is 0.250. The van der Waals surface area contributed by atoms with Gasteiger partial charge in [0.25, 0.3) is 0 Å². The number of imide groups is 1. The molecule has 5 N–H and O–H groups in total. The number of hydrogen-bond acceptors (Lipinski definition) is 7.